The van der Waals surface area contributed by atoms with Crippen molar-refractivity contribution >= 4 is 23.3 Å². The first-order chi connectivity index (χ1) is 10.9. The van der Waals surface area contributed by atoms with Gasteiger partial charge in [0.15, 0.2) is 0 Å². The Kier molecular flexibility index (Phi) is 5.19. The zero-order valence-corrected chi connectivity index (χ0v) is 14.0. The van der Waals surface area contributed by atoms with Crippen molar-refractivity contribution in [3.8, 4) is 0 Å². The number of morpholine rings is 1. The van der Waals surface area contributed by atoms with Gasteiger partial charge >= 0.3 is 5.69 Å². The monoisotopic (exact) mass is 324 g/mol. The lowest BCUT2D eigenvalue weighted by Crippen LogP contribution is -2.46. The average molecular weight is 324 g/mol. The van der Waals surface area contributed by atoms with Crippen molar-refractivity contribution in [3.05, 3.63) is 10.1 Å². The molecule has 0 spiro atoms. The molecule has 1 aliphatic heterocycles. The predicted molar refractivity (Wildman–Crippen MR) is 88.9 cm³/mol. The smallest absolute Gasteiger partial charge is 0.353 e. The van der Waals surface area contributed by atoms with Gasteiger partial charge in [-0.15, -0.1) is 0 Å². The van der Waals surface area contributed by atoms with Crippen molar-refractivity contribution in [1.29, 1.82) is 0 Å². The summed E-state index contributed by atoms with van der Waals surface area (Å²) in [4.78, 5) is 23.3. The molecule has 9 nitrogen and oxygen atoms in total. The molecule has 0 aromatic carbocycles. The maximum absolute atomic E-state index is 11.4. The van der Waals surface area contributed by atoms with Crippen molar-refractivity contribution in [1.82, 2.24) is 9.97 Å². The Hall–Kier alpha value is -2.16. The lowest BCUT2D eigenvalue weighted by Gasteiger charge is -2.36. The van der Waals surface area contributed by atoms with Crippen LogP contribution in [0.3, 0.4) is 0 Å². The summed E-state index contributed by atoms with van der Waals surface area (Å²) in [6.45, 7) is 10.3. The number of rotatable bonds is 5. The van der Waals surface area contributed by atoms with E-state index in [0.717, 1.165) is 0 Å². The zero-order chi connectivity index (χ0) is 17.1. The van der Waals surface area contributed by atoms with Gasteiger partial charge in [0.25, 0.3) is 0 Å². The van der Waals surface area contributed by atoms with Crippen LogP contribution in [0.2, 0.25) is 0 Å². The number of hydrogen-bond donors (Lipinski definition) is 1. The van der Waals surface area contributed by atoms with E-state index in [4.69, 9.17) is 10.5 Å². The Bertz CT molecular complexity index is 568. The highest BCUT2D eigenvalue weighted by atomic mass is 16.6. The molecule has 2 rings (SSSR count). The minimum atomic E-state index is -0.512. The van der Waals surface area contributed by atoms with Crippen LogP contribution in [0.25, 0.3) is 0 Å². The number of hydrogen-bond acceptors (Lipinski definition) is 8. The second-order valence-electron chi connectivity index (χ2n) is 5.67. The summed E-state index contributed by atoms with van der Waals surface area (Å²) in [7, 11) is 0. The molecule has 1 aliphatic rings. The number of nitrogens with zero attached hydrogens (tertiary/aromatic N) is 5. The molecule has 0 unspecified atom stereocenters. The summed E-state index contributed by atoms with van der Waals surface area (Å²) >= 11 is 0. The van der Waals surface area contributed by atoms with E-state index in [1.165, 1.54) is 0 Å². The van der Waals surface area contributed by atoms with Crippen LogP contribution in [0.15, 0.2) is 0 Å². The van der Waals surface area contributed by atoms with Crippen LogP contribution in [-0.2, 0) is 4.74 Å². The van der Waals surface area contributed by atoms with Crippen LogP contribution in [0.5, 0.6) is 0 Å². The summed E-state index contributed by atoms with van der Waals surface area (Å²) in [5.74, 6) is 0.583. The molecular formula is C14H24N6O3. The summed E-state index contributed by atoms with van der Waals surface area (Å²) in [5, 5.41) is 11.4. The molecule has 0 bridgehead atoms. The molecule has 1 aromatic rings. The lowest BCUT2D eigenvalue weighted by molar-refractivity contribution is -0.383. The Morgan fingerprint density at radius 2 is 1.87 bits per heavy atom. The van der Waals surface area contributed by atoms with Crippen molar-refractivity contribution in [2.75, 3.05) is 41.7 Å². The van der Waals surface area contributed by atoms with Crippen LogP contribution < -0.4 is 15.5 Å². The number of ether oxygens (including phenoxy) is 1. The number of aromatic nitrogens is 2. The molecule has 0 radical (unpaired) electrons. The van der Waals surface area contributed by atoms with Crippen LogP contribution in [-0.4, -0.2) is 53.3 Å². The van der Waals surface area contributed by atoms with Crippen LogP contribution in [0, 0.1) is 10.1 Å². The lowest BCUT2D eigenvalue weighted by atomic mass is 10.2. The molecule has 0 saturated carbocycles. The van der Waals surface area contributed by atoms with Crippen molar-refractivity contribution in [2.24, 2.45) is 0 Å². The van der Waals surface area contributed by atoms with E-state index in [-0.39, 0.29) is 29.5 Å². The second-order valence-corrected chi connectivity index (χ2v) is 5.67. The standard InChI is InChI=1S/C14H24N6O3/c1-5-18(6-2)14-16-12(15)11(20(21)22)13(17-14)19-7-9(3)23-10(4)8-19/h9-10H,5-8H2,1-4H3,(H2,15,16,17)/t9-,10-/m1/s1. The van der Waals surface area contributed by atoms with Gasteiger partial charge in [0.2, 0.25) is 17.6 Å². The fourth-order valence-corrected chi connectivity index (χ4v) is 2.84. The molecule has 23 heavy (non-hydrogen) atoms. The van der Waals surface area contributed by atoms with Gasteiger partial charge in [0.05, 0.1) is 17.1 Å². The summed E-state index contributed by atoms with van der Waals surface area (Å²) in [5.41, 5.74) is 5.63. The third-order valence-electron chi connectivity index (χ3n) is 3.83. The van der Waals surface area contributed by atoms with Crippen molar-refractivity contribution in [2.45, 2.75) is 39.9 Å². The highest BCUT2D eigenvalue weighted by Crippen LogP contribution is 2.34. The summed E-state index contributed by atoms with van der Waals surface area (Å²) in [6.07, 6.45) is -0.0714. The van der Waals surface area contributed by atoms with Gasteiger partial charge in [-0.05, 0) is 27.7 Å². The molecule has 2 N–H and O–H groups in total. The van der Waals surface area contributed by atoms with Gasteiger partial charge < -0.3 is 20.3 Å². The van der Waals surface area contributed by atoms with Gasteiger partial charge in [0.1, 0.15) is 0 Å². The summed E-state index contributed by atoms with van der Waals surface area (Å²) in [6, 6.07) is 0. The zero-order valence-electron chi connectivity index (χ0n) is 14.0. The van der Waals surface area contributed by atoms with E-state index in [9.17, 15) is 10.1 Å². The number of anilines is 3. The Morgan fingerprint density at radius 3 is 2.35 bits per heavy atom. The largest absolute Gasteiger partial charge is 0.378 e. The quantitative estimate of drug-likeness (QED) is 0.639. The van der Waals surface area contributed by atoms with Crippen LogP contribution in [0.4, 0.5) is 23.3 Å². The van der Waals surface area contributed by atoms with E-state index < -0.39 is 4.92 Å². The number of nitrogen functional groups attached to an aromatic ring is 1. The molecule has 0 aliphatic carbocycles. The molecule has 1 fully saturated rings. The Labute approximate surface area is 135 Å². The van der Waals surface area contributed by atoms with E-state index in [1.54, 1.807) is 0 Å². The van der Waals surface area contributed by atoms with Crippen LogP contribution in [0.1, 0.15) is 27.7 Å². The van der Waals surface area contributed by atoms with Crippen LogP contribution >= 0.6 is 0 Å². The number of nitro groups is 1. The van der Waals surface area contributed by atoms with Gasteiger partial charge in [-0.25, -0.2) is 0 Å². The van der Waals surface area contributed by atoms with Gasteiger partial charge in [-0.2, -0.15) is 9.97 Å². The fourth-order valence-electron chi connectivity index (χ4n) is 2.84. The first-order valence-electron chi connectivity index (χ1n) is 7.84. The van der Waals surface area contributed by atoms with Gasteiger partial charge in [0, 0.05) is 26.2 Å². The van der Waals surface area contributed by atoms with E-state index >= 15 is 0 Å². The third kappa shape index (κ3) is 3.61. The minimum Gasteiger partial charge on any atom is -0.378 e. The Morgan fingerprint density at radius 1 is 1.30 bits per heavy atom. The van der Waals surface area contributed by atoms with E-state index in [2.05, 4.69) is 9.97 Å². The molecular weight excluding hydrogens is 300 g/mol. The molecule has 9 heteroatoms. The maximum atomic E-state index is 11.4. The third-order valence-corrected chi connectivity index (χ3v) is 3.83. The average Bonchev–Trinajstić information content (AvgIpc) is 2.46. The van der Waals surface area contributed by atoms with Gasteiger partial charge in [-0.1, -0.05) is 0 Å². The van der Waals surface area contributed by atoms with Crippen molar-refractivity contribution in [3.63, 3.8) is 0 Å². The summed E-state index contributed by atoms with van der Waals surface area (Å²) < 4.78 is 5.69. The minimum absolute atomic E-state index is 0.0357. The van der Waals surface area contributed by atoms with Gasteiger partial charge in [-0.3, -0.25) is 10.1 Å². The first-order valence-corrected chi connectivity index (χ1v) is 7.84. The highest BCUT2D eigenvalue weighted by Gasteiger charge is 2.32. The molecule has 2 heterocycles. The molecule has 1 saturated heterocycles. The Balaban J connectivity index is 2.51. The topological polar surface area (TPSA) is 111 Å². The molecule has 2 atom stereocenters. The molecule has 1 aromatic heterocycles. The van der Waals surface area contributed by atoms with E-state index in [1.807, 2.05) is 37.5 Å². The fraction of sp³-hybridized carbons (Fsp3) is 0.714. The normalized spacial score (nSPS) is 21.3. The second kappa shape index (κ2) is 6.95. The SMILES string of the molecule is CCN(CC)c1nc(N)c([N+](=O)[O-])c(N2C[C@@H](C)O[C@H](C)C2)n1. The van der Waals surface area contributed by atoms with E-state index in [0.29, 0.717) is 32.1 Å². The van der Waals surface area contributed by atoms with Crippen molar-refractivity contribution < 1.29 is 9.66 Å². The maximum Gasteiger partial charge on any atom is 0.353 e. The predicted octanol–water partition coefficient (Wildman–Crippen LogP) is 1.43. The molecule has 0 amide bonds. The highest BCUT2D eigenvalue weighted by molar-refractivity contribution is 5.71. The first kappa shape index (κ1) is 17.2. The molecule has 128 valence electrons. The number of nitrogens with two attached hydrogens (primary N) is 1.